The van der Waals surface area contributed by atoms with E-state index < -0.39 is 11.6 Å². The summed E-state index contributed by atoms with van der Waals surface area (Å²) in [4.78, 5) is 25.8. The lowest BCUT2D eigenvalue weighted by molar-refractivity contribution is -0.131. The molecule has 0 radical (unpaired) electrons. The molecule has 1 aliphatic rings. The standard InChI is InChI=1S/C15H18Cl2N2O2/c1-9(2)7-15(3)13(20)19(14(21)18-15)8-10-11(16)5-4-6-12(10)17/h4-6,9H,7-8H2,1-3H3,(H,18,21). The molecule has 4 nitrogen and oxygen atoms in total. The van der Waals surface area contributed by atoms with Gasteiger partial charge in [-0.25, -0.2) is 4.79 Å². The van der Waals surface area contributed by atoms with E-state index in [-0.39, 0.29) is 12.5 Å². The van der Waals surface area contributed by atoms with E-state index in [1.807, 2.05) is 13.8 Å². The molecule has 1 N–H and O–H groups in total. The number of rotatable bonds is 4. The Kier molecular flexibility index (Phi) is 4.49. The van der Waals surface area contributed by atoms with E-state index in [4.69, 9.17) is 23.2 Å². The minimum atomic E-state index is -0.862. The molecule has 21 heavy (non-hydrogen) atoms. The normalized spacial score (nSPS) is 22.1. The number of hydrogen-bond acceptors (Lipinski definition) is 2. The fourth-order valence-electron chi connectivity index (χ4n) is 2.69. The number of nitrogens with one attached hydrogen (secondary N) is 1. The molecule has 1 heterocycles. The second-order valence-corrected chi connectivity index (χ2v) is 6.77. The molecule has 2 rings (SSSR count). The summed E-state index contributed by atoms with van der Waals surface area (Å²) in [5.41, 5.74) is -0.281. The van der Waals surface area contributed by atoms with Crippen molar-refractivity contribution in [3.63, 3.8) is 0 Å². The van der Waals surface area contributed by atoms with E-state index in [0.29, 0.717) is 27.9 Å². The largest absolute Gasteiger partial charge is 0.325 e. The molecule has 6 heteroatoms. The summed E-state index contributed by atoms with van der Waals surface area (Å²) in [5, 5.41) is 3.66. The highest BCUT2D eigenvalue weighted by atomic mass is 35.5. The molecule has 1 saturated heterocycles. The van der Waals surface area contributed by atoms with Gasteiger partial charge in [-0.2, -0.15) is 0 Å². The zero-order chi connectivity index (χ0) is 15.8. The molecular formula is C15H18Cl2N2O2. The van der Waals surface area contributed by atoms with Gasteiger partial charge in [0.25, 0.3) is 5.91 Å². The van der Waals surface area contributed by atoms with Crippen LogP contribution in [0.3, 0.4) is 0 Å². The number of carbonyl (C=O) groups is 2. The molecule has 1 aromatic rings. The third-order valence-electron chi connectivity index (χ3n) is 3.54. The number of carbonyl (C=O) groups excluding carboxylic acids is 2. The van der Waals surface area contributed by atoms with Crippen LogP contribution in [0.4, 0.5) is 4.79 Å². The highest BCUT2D eigenvalue weighted by molar-refractivity contribution is 6.36. The van der Waals surface area contributed by atoms with Crippen molar-refractivity contribution in [2.75, 3.05) is 0 Å². The van der Waals surface area contributed by atoms with E-state index in [2.05, 4.69) is 5.32 Å². The quantitative estimate of drug-likeness (QED) is 0.853. The van der Waals surface area contributed by atoms with Crippen LogP contribution in [0.2, 0.25) is 10.0 Å². The van der Waals surface area contributed by atoms with Crippen LogP contribution in [0, 0.1) is 5.92 Å². The Morgan fingerprint density at radius 1 is 1.24 bits per heavy atom. The zero-order valence-electron chi connectivity index (χ0n) is 12.2. The molecule has 0 spiro atoms. The van der Waals surface area contributed by atoms with E-state index in [1.165, 1.54) is 4.90 Å². The van der Waals surface area contributed by atoms with Gasteiger partial charge in [-0.3, -0.25) is 9.69 Å². The first-order chi connectivity index (χ1) is 9.74. The van der Waals surface area contributed by atoms with E-state index in [9.17, 15) is 9.59 Å². The summed E-state index contributed by atoms with van der Waals surface area (Å²) in [6.07, 6.45) is 0.588. The Morgan fingerprint density at radius 3 is 2.33 bits per heavy atom. The first kappa shape index (κ1) is 16.1. The van der Waals surface area contributed by atoms with Gasteiger partial charge in [0.1, 0.15) is 5.54 Å². The summed E-state index contributed by atoms with van der Waals surface area (Å²) in [7, 11) is 0. The second-order valence-electron chi connectivity index (χ2n) is 5.95. The number of benzene rings is 1. The molecule has 1 atom stereocenters. The maximum Gasteiger partial charge on any atom is 0.325 e. The SMILES string of the molecule is CC(C)CC1(C)NC(=O)N(Cc2c(Cl)cccc2Cl)C1=O. The minimum Gasteiger partial charge on any atom is -0.323 e. The number of amides is 3. The third-order valence-corrected chi connectivity index (χ3v) is 4.25. The molecule has 3 amide bonds. The molecule has 0 bridgehead atoms. The minimum absolute atomic E-state index is 0.0802. The lowest BCUT2D eigenvalue weighted by Gasteiger charge is -2.23. The molecule has 114 valence electrons. The van der Waals surface area contributed by atoms with Crippen LogP contribution in [0.1, 0.15) is 32.8 Å². The van der Waals surface area contributed by atoms with E-state index >= 15 is 0 Å². The highest BCUT2D eigenvalue weighted by Crippen LogP contribution is 2.30. The Bertz CT molecular complexity index is 569. The van der Waals surface area contributed by atoms with Crippen molar-refractivity contribution in [1.29, 1.82) is 0 Å². The molecule has 0 saturated carbocycles. The second kappa shape index (κ2) is 5.85. The van der Waals surface area contributed by atoms with Crippen molar-refractivity contribution < 1.29 is 9.59 Å². The van der Waals surface area contributed by atoms with Crippen molar-refractivity contribution >= 4 is 35.1 Å². The Balaban J connectivity index is 2.26. The van der Waals surface area contributed by atoms with Gasteiger partial charge in [0.05, 0.1) is 6.54 Å². The Hall–Kier alpha value is -1.26. The number of urea groups is 1. The average molecular weight is 329 g/mol. The van der Waals surface area contributed by atoms with E-state index in [0.717, 1.165) is 0 Å². The van der Waals surface area contributed by atoms with Crippen molar-refractivity contribution in [1.82, 2.24) is 10.2 Å². The summed E-state index contributed by atoms with van der Waals surface area (Å²) >= 11 is 12.2. The summed E-state index contributed by atoms with van der Waals surface area (Å²) in [6, 6.07) is 4.70. The van der Waals surface area contributed by atoms with E-state index in [1.54, 1.807) is 25.1 Å². The van der Waals surface area contributed by atoms with Gasteiger partial charge in [0.15, 0.2) is 0 Å². The molecule has 0 aliphatic carbocycles. The van der Waals surface area contributed by atoms with Crippen LogP contribution in [-0.2, 0) is 11.3 Å². The lowest BCUT2D eigenvalue weighted by atomic mass is 9.91. The summed E-state index contributed by atoms with van der Waals surface area (Å²) < 4.78 is 0. The van der Waals surface area contributed by atoms with Gasteiger partial charge < -0.3 is 5.32 Å². The maximum atomic E-state index is 12.6. The molecule has 1 unspecified atom stereocenters. The molecule has 1 fully saturated rings. The first-order valence-electron chi connectivity index (χ1n) is 6.81. The van der Waals surface area contributed by atoms with Gasteiger partial charge >= 0.3 is 6.03 Å². The average Bonchev–Trinajstić information content (AvgIpc) is 2.55. The topological polar surface area (TPSA) is 49.4 Å². The third kappa shape index (κ3) is 3.16. The van der Waals surface area contributed by atoms with Gasteiger partial charge in [-0.05, 0) is 31.4 Å². The van der Waals surface area contributed by atoms with Gasteiger partial charge in [-0.1, -0.05) is 43.1 Å². The van der Waals surface area contributed by atoms with Crippen LogP contribution in [0.25, 0.3) is 0 Å². The first-order valence-corrected chi connectivity index (χ1v) is 7.57. The monoisotopic (exact) mass is 328 g/mol. The lowest BCUT2D eigenvalue weighted by Crippen LogP contribution is -2.44. The predicted molar refractivity (Wildman–Crippen MR) is 83.4 cm³/mol. The maximum absolute atomic E-state index is 12.6. The molecule has 0 aromatic heterocycles. The van der Waals surface area contributed by atoms with Crippen molar-refractivity contribution in [2.45, 2.75) is 39.3 Å². The number of hydrogen-bond donors (Lipinski definition) is 1. The van der Waals surface area contributed by atoms with Gasteiger partial charge in [0.2, 0.25) is 0 Å². The van der Waals surface area contributed by atoms with Crippen LogP contribution in [-0.4, -0.2) is 22.4 Å². The highest BCUT2D eigenvalue weighted by Gasteiger charge is 2.47. The number of nitrogens with zero attached hydrogens (tertiary/aromatic N) is 1. The fraction of sp³-hybridized carbons (Fsp3) is 0.467. The molecular weight excluding hydrogens is 311 g/mol. The summed E-state index contributed by atoms with van der Waals surface area (Å²) in [5.74, 6) is 0.0558. The predicted octanol–water partition coefficient (Wildman–Crippen LogP) is 3.85. The van der Waals surface area contributed by atoms with Crippen LogP contribution >= 0.6 is 23.2 Å². The smallest absolute Gasteiger partial charge is 0.323 e. The molecule has 1 aromatic carbocycles. The van der Waals surface area contributed by atoms with Crippen LogP contribution in [0.5, 0.6) is 0 Å². The summed E-state index contributed by atoms with van der Waals surface area (Å²) in [6.45, 7) is 5.86. The van der Waals surface area contributed by atoms with Crippen molar-refractivity contribution in [3.8, 4) is 0 Å². The van der Waals surface area contributed by atoms with Crippen molar-refractivity contribution in [3.05, 3.63) is 33.8 Å². The van der Waals surface area contributed by atoms with Crippen molar-refractivity contribution in [2.24, 2.45) is 5.92 Å². The Morgan fingerprint density at radius 2 is 1.81 bits per heavy atom. The zero-order valence-corrected chi connectivity index (χ0v) is 13.8. The Labute approximate surface area is 134 Å². The number of halogens is 2. The number of imide groups is 1. The van der Waals surface area contributed by atoms with Crippen LogP contribution in [0.15, 0.2) is 18.2 Å². The van der Waals surface area contributed by atoms with Crippen LogP contribution < -0.4 is 5.32 Å². The fourth-order valence-corrected chi connectivity index (χ4v) is 3.20. The molecule has 1 aliphatic heterocycles. The van der Waals surface area contributed by atoms with Gasteiger partial charge in [0, 0.05) is 15.6 Å². The van der Waals surface area contributed by atoms with Gasteiger partial charge in [-0.15, -0.1) is 0 Å².